The summed E-state index contributed by atoms with van der Waals surface area (Å²) in [6.45, 7) is 1.24. The van der Waals surface area contributed by atoms with Crippen molar-refractivity contribution in [3.63, 3.8) is 0 Å². The Morgan fingerprint density at radius 1 is 1.28 bits per heavy atom. The van der Waals surface area contributed by atoms with Gasteiger partial charge in [0.15, 0.2) is 0 Å². The van der Waals surface area contributed by atoms with Crippen molar-refractivity contribution in [3.8, 4) is 0 Å². The number of amides is 1. The van der Waals surface area contributed by atoms with Crippen molar-refractivity contribution >= 4 is 11.7 Å². The Balaban J connectivity index is 1.52. The zero-order valence-corrected chi connectivity index (χ0v) is 17.5. The van der Waals surface area contributed by atoms with Gasteiger partial charge in [-0.1, -0.05) is 0 Å². The van der Waals surface area contributed by atoms with Crippen LogP contribution in [0, 0.1) is 24.7 Å². The molecule has 12 heteroatoms. The molecule has 4 rings (SSSR count). The number of nitrogens with two attached hydrogens (primary N) is 1. The maximum absolute atomic E-state index is 13.4. The number of carbonyl (C=O) groups is 1. The van der Waals surface area contributed by atoms with Crippen LogP contribution < -0.4 is 11.1 Å². The minimum absolute atomic E-state index is 0.0183. The van der Waals surface area contributed by atoms with Crippen molar-refractivity contribution in [2.75, 3.05) is 6.54 Å². The SMILES string of the molecule is Cc1nc2nc([C@@H](N)C3CCC(F)(F)CC3)cn2nc1C[C@H]1C[C@@H](C(F)(F)F)CNC1=O. The van der Waals surface area contributed by atoms with Gasteiger partial charge in [-0.05, 0) is 32.1 Å². The number of rotatable bonds is 4. The predicted octanol–water partition coefficient (Wildman–Crippen LogP) is 3.12. The van der Waals surface area contributed by atoms with Crippen LogP contribution in [0.5, 0.6) is 0 Å². The third-order valence-electron chi connectivity index (χ3n) is 6.58. The van der Waals surface area contributed by atoms with Crippen LogP contribution in [-0.4, -0.2) is 44.1 Å². The van der Waals surface area contributed by atoms with E-state index in [4.69, 9.17) is 5.73 Å². The fraction of sp³-hybridized carbons (Fsp3) is 0.700. The molecule has 1 saturated carbocycles. The van der Waals surface area contributed by atoms with E-state index in [0.717, 1.165) is 0 Å². The maximum Gasteiger partial charge on any atom is 0.393 e. The van der Waals surface area contributed by atoms with Crippen LogP contribution in [0.4, 0.5) is 22.0 Å². The van der Waals surface area contributed by atoms with Crippen molar-refractivity contribution in [3.05, 3.63) is 23.3 Å². The highest BCUT2D eigenvalue weighted by atomic mass is 19.4. The molecule has 3 heterocycles. The van der Waals surface area contributed by atoms with Crippen LogP contribution in [0.1, 0.15) is 55.2 Å². The summed E-state index contributed by atoms with van der Waals surface area (Å²) in [7, 11) is 0. The standard InChI is InChI=1S/C20H25F5N6O/c1-10-14(7-12-6-13(20(23,24)25)8-27-17(12)32)30-31-9-15(29-18(31)28-10)16(26)11-2-4-19(21,22)5-3-11/h9,11-13,16H,2-8,26H2,1H3,(H,27,32)/t12-,13-,16+/m1/s1. The van der Waals surface area contributed by atoms with Crippen molar-refractivity contribution in [1.29, 1.82) is 0 Å². The molecule has 32 heavy (non-hydrogen) atoms. The second kappa shape index (κ2) is 8.20. The summed E-state index contributed by atoms with van der Waals surface area (Å²) in [5, 5.41) is 6.75. The van der Waals surface area contributed by atoms with E-state index in [0.29, 0.717) is 29.9 Å². The fourth-order valence-corrected chi connectivity index (χ4v) is 4.52. The topological polar surface area (TPSA) is 98.2 Å². The Morgan fingerprint density at radius 2 is 1.97 bits per heavy atom. The Hall–Kier alpha value is -2.37. The van der Waals surface area contributed by atoms with Gasteiger partial charge in [0.1, 0.15) is 0 Å². The molecule has 0 bridgehead atoms. The van der Waals surface area contributed by atoms with Crippen molar-refractivity contribution < 1.29 is 26.7 Å². The summed E-state index contributed by atoms with van der Waals surface area (Å²) in [5.74, 6) is -5.42. The van der Waals surface area contributed by atoms with Crippen LogP contribution in [0.3, 0.4) is 0 Å². The molecular formula is C20H25F5N6O. The Kier molecular flexibility index (Phi) is 5.84. The Morgan fingerprint density at radius 3 is 2.62 bits per heavy atom. The van der Waals surface area contributed by atoms with Crippen molar-refractivity contribution in [1.82, 2.24) is 24.9 Å². The molecule has 1 saturated heterocycles. The van der Waals surface area contributed by atoms with E-state index in [-0.39, 0.29) is 37.4 Å². The summed E-state index contributed by atoms with van der Waals surface area (Å²) in [4.78, 5) is 20.9. The van der Waals surface area contributed by atoms with Crippen LogP contribution in [0.25, 0.3) is 5.78 Å². The normalized spacial score (nSPS) is 25.7. The van der Waals surface area contributed by atoms with Gasteiger partial charge in [-0.2, -0.15) is 18.3 Å². The van der Waals surface area contributed by atoms with Crippen molar-refractivity contribution in [2.45, 2.75) is 63.6 Å². The number of piperidine rings is 1. The molecule has 1 aliphatic carbocycles. The molecule has 0 spiro atoms. The highest BCUT2D eigenvalue weighted by Crippen LogP contribution is 2.40. The molecule has 3 atom stereocenters. The first-order valence-electron chi connectivity index (χ1n) is 10.6. The Bertz CT molecular complexity index is 996. The van der Waals surface area contributed by atoms with Gasteiger partial charge < -0.3 is 11.1 Å². The number of aromatic nitrogens is 4. The van der Waals surface area contributed by atoms with Crippen LogP contribution in [-0.2, 0) is 11.2 Å². The molecule has 3 N–H and O–H groups in total. The van der Waals surface area contributed by atoms with Crippen LogP contribution in [0.15, 0.2) is 6.20 Å². The van der Waals surface area contributed by atoms with Crippen LogP contribution in [0.2, 0.25) is 0 Å². The molecule has 0 aromatic carbocycles. The number of halogens is 5. The van der Waals surface area contributed by atoms with E-state index >= 15 is 0 Å². The number of fused-ring (bicyclic) bond motifs is 1. The first-order chi connectivity index (χ1) is 14.9. The summed E-state index contributed by atoms with van der Waals surface area (Å²) >= 11 is 0. The lowest BCUT2D eigenvalue weighted by atomic mass is 9.81. The van der Waals surface area contributed by atoms with E-state index in [1.807, 2.05) is 0 Å². The number of nitrogens with one attached hydrogen (secondary N) is 1. The quantitative estimate of drug-likeness (QED) is 0.684. The molecule has 1 aliphatic heterocycles. The maximum atomic E-state index is 13.4. The van der Waals surface area contributed by atoms with E-state index in [9.17, 15) is 26.7 Å². The van der Waals surface area contributed by atoms with Gasteiger partial charge in [0.2, 0.25) is 11.8 Å². The number of hydrogen-bond donors (Lipinski definition) is 2. The second-order valence-corrected chi connectivity index (χ2v) is 8.89. The molecule has 0 radical (unpaired) electrons. The predicted molar refractivity (Wildman–Crippen MR) is 104 cm³/mol. The number of imidazole rings is 1. The summed E-state index contributed by atoms with van der Waals surface area (Å²) in [5.41, 5.74) is 7.62. The molecular weight excluding hydrogens is 435 g/mol. The van der Waals surface area contributed by atoms with Crippen LogP contribution >= 0.6 is 0 Å². The van der Waals surface area contributed by atoms with Gasteiger partial charge in [0.05, 0.1) is 35.2 Å². The van der Waals surface area contributed by atoms with Gasteiger partial charge in [-0.25, -0.2) is 23.3 Å². The highest BCUT2D eigenvalue weighted by molar-refractivity contribution is 5.79. The van der Waals surface area contributed by atoms with Crippen molar-refractivity contribution in [2.24, 2.45) is 23.5 Å². The lowest BCUT2D eigenvalue weighted by molar-refractivity contribution is -0.183. The zero-order valence-electron chi connectivity index (χ0n) is 17.5. The molecule has 2 fully saturated rings. The zero-order chi connectivity index (χ0) is 23.3. The minimum atomic E-state index is -4.38. The van der Waals surface area contributed by atoms with Gasteiger partial charge in [0.25, 0.3) is 5.78 Å². The summed E-state index contributed by atoms with van der Waals surface area (Å²) in [6.07, 6.45) is -2.92. The second-order valence-electron chi connectivity index (χ2n) is 8.89. The smallest absolute Gasteiger partial charge is 0.355 e. The number of aryl methyl sites for hydroxylation is 1. The number of carbonyl (C=O) groups excluding carboxylic acids is 1. The lowest BCUT2D eigenvalue weighted by Crippen LogP contribution is -2.47. The first kappa shape index (κ1) is 22.8. The molecule has 1 amide bonds. The van der Waals surface area contributed by atoms with Gasteiger partial charge in [-0.3, -0.25) is 4.79 Å². The Labute approximate surface area is 181 Å². The molecule has 7 nitrogen and oxygen atoms in total. The highest BCUT2D eigenvalue weighted by Gasteiger charge is 2.45. The van der Waals surface area contributed by atoms with E-state index in [2.05, 4.69) is 20.4 Å². The monoisotopic (exact) mass is 460 g/mol. The third-order valence-corrected chi connectivity index (χ3v) is 6.58. The summed E-state index contributed by atoms with van der Waals surface area (Å²) < 4.78 is 67.6. The molecule has 0 unspecified atom stereocenters. The minimum Gasteiger partial charge on any atom is -0.355 e. The number of alkyl halides is 5. The number of nitrogens with zero attached hydrogens (tertiary/aromatic N) is 4. The molecule has 2 aromatic heterocycles. The summed E-state index contributed by atoms with van der Waals surface area (Å²) in [6, 6.07) is -0.546. The number of hydrogen-bond acceptors (Lipinski definition) is 5. The fourth-order valence-electron chi connectivity index (χ4n) is 4.52. The van der Waals surface area contributed by atoms with Gasteiger partial charge >= 0.3 is 6.18 Å². The van der Waals surface area contributed by atoms with Gasteiger partial charge in [0, 0.05) is 31.7 Å². The van der Waals surface area contributed by atoms with E-state index in [1.54, 1.807) is 13.1 Å². The molecule has 2 aliphatic rings. The molecule has 176 valence electrons. The molecule has 2 aromatic rings. The average Bonchev–Trinajstić information content (AvgIpc) is 3.11. The van der Waals surface area contributed by atoms with E-state index < -0.39 is 42.4 Å². The van der Waals surface area contributed by atoms with Gasteiger partial charge in [-0.15, -0.1) is 0 Å². The lowest BCUT2D eigenvalue weighted by Gasteiger charge is -2.31. The first-order valence-corrected chi connectivity index (χ1v) is 10.6. The largest absolute Gasteiger partial charge is 0.393 e. The average molecular weight is 460 g/mol. The third kappa shape index (κ3) is 4.69. The van der Waals surface area contributed by atoms with E-state index in [1.165, 1.54) is 4.52 Å².